The Morgan fingerprint density at radius 3 is 2.42 bits per heavy atom. The van der Waals surface area contributed by atoms with E-state index in [1.165, 1.54) is 27.8 Å². The molecule has 9 heteroatoms. The summed E-state index contributed by atoms with van der Waals surface area (Å²) >= 11 is 1.46. The van der Waals surface area contributed by atoms with E-state index in [9.17, 15) is 13.2 Å². The van der Waals surface area contributed by atoms with Crippen LogP contribution in [0, 0.1) is 0 Å². The number of hydrogen-bond donors (Lipinski definition) is 0. The molecule has 5 rings (SSSR count). The molecule has 36 heavy (non-hydrogen) atoms. The number of amides is 1. The molecule has 0 radical (unpaired) electrons. The third-order valence-electron chi connectivity index (χ3n) is 6.19. The van der Waals surface area contributed by atoms with Crippen molar-refractivity contribution in [1.29, 1.82) is 0 Å². The summed E-state index contributed by atoms with van der Waals surface area (Å²) in [6, 6.07) is 22.9. The number of thiazole rings is 1. The van der Waals surface area contributed by atoms with Gasteiger partial charge in [0.1, 0.15) is 0 Å². The van der Waals surface area contributed by atoms with Crippen LogP contribution in [0.5, 0.6) is 0 Å². The van der Waals surface area contributed by atoms with Crippen molar-refractivity contribution >= 4 is 48.3 Å². The minimum atomic E-state index is -3.78. The van der Waals surface area contributed by atoms with Gasteiger partial charge < -0.3 is 4.74 Å². The summed E-state index contributed by atoms with van der Waals surface area (Å²) in [5.74, 6) is -0.232. The van der Waals surface area contributed by atoms with Gasteiger partial charge in [0.25, 0.3) is 15.9 Å². The molecule has 1 unspecified atom stereocenters. The van der Waals surface area contributed by atoms with Gasteiger partial charge in [0.05, 0.1) is 33.4 Å². The van der Waals surface area contributed by atoms with Crippen molar-refractivity contribution < 1.29 is 17.9 Å². The Morgan fingerprint density at radius 2 is 1.75 bits per heavy atom. The molecule has 1 aliphatic heterocycles. The summed E-state index contributed by atoms with van der Waals surface area (Å²) in [6.07, 6.45) is 1.80. The van der Waals surface area contributed by atoms with Crippen LogP contribution >= 0.6 is 11.3 Å². The zero-order valence-electron chi connectivity index (χ0n) is 19.9. The lowest BCUT2D eigenvalue weighted by Crippen LogP contribution is -2.37. The number of nitrogens with zero attached hydrogens (tertiary/aromatic N) is 3. The fourth-order valence-electron chi connectivity index (χ4n) is 4.35. The van der Waals surface area contributed by atoms with Gasteiger partial charge in [0.15, 0.2) is 5.13 Å². The second kappa shape index (κ2) is 10.4. The lowest BCUT2D eigenvalue weighted by molar-refractivity contribution is 0.0917. The van der Waals surface area contributed by atoms with E-state index in [2.05, 4.69) is 0 Å². The van der Waals surface area contributed by atoms with Gasteiger partial charge in [-0.25, -0.2) is 13.4 Å². The highest BCUT2D eigenvalue weighted by atomic mass is 32.2. The number of ether oxygens (including phenoxy) is 1. The van der Waals surface area contributed by atoms with Crippen LogP contribution in [0.15, 0.2) is 83.8 Å². The number of carbonyl (C=O) groups excluding carboxylic acids is 1. The van der Waals surface area contributed by atoms with Crippen molar-refractivity contribution in [2.75, 3.05) is 28.9 Å². The highest BCUT2D eigenvalue weighted by molar-refractivity contribution is 7.92. The topological polar surface area (TPSA) is 79.8 Å². The number of rotatable bonds is 8. The van der Waals surface area contributed by atoms with Gasteiger partial charge in [0.2, 0.25) is 0 Å². The van der Waals surface area contributed by atoms with Crippen molar-refractivity contribution in [1.82, 2.24) is 4.98 Å². The van der Waals surface area contributed by atoms with Crippen molar-refractivity contribution in [3.8, 4) is 0 Å². The molecule has 1 amide bonds. The summed E-state index contributed by atoms with van der Waals surface area (Å²) in [4.78, 5) is 20.1. The normalized spacial score (nSPS) is 15.8. The van der Waals surface area contributed by atoms with Gasteiger partial charge >= 0.3 is 0 Å². The predicted octanol–water partition coefficient (Wildman–Crippen LogP) is 5.34. The van der Waals surface area contributed by atoms with E-state index < -0.39 is 10.0 Å². The molecule has 1 aromatic heterocycles. The van der Waals surface area contributed by atoms with Crippen LogP contribution in [0.4, 0.5) is 10.8 Å². The number of sulfonamides is 1. The van der Waals surface area contributed by atoms with Gasteiger partial charge in [-0.3, -0.25) is 14.0 Å². The maximum atomic E-state index is 13.7. The second-order valence-electron chi connectivity index (χ2n) is 8.54. The highest BCUT2D eigenvalue weighted by Gasteiger charge is 2.28. The van der Waals surface area contributed by atoms with Crippen molar-refractivity contribution in [3.63, 3.8) is 0 Å². The quantitative estimate of drug-likeness (QED) is 0.313. The average molecular weight is 522 g/mol. The molecular formula is C27H27N3O4S2. The lowest BCUT2D eigenvalue weighted by Gasteiger charge is -2.24. The summed E-state index contributed by atoms with van der Waals surface area (Å²) < 4.78 is 34.8. The molecule has 0 bridgehead atoms. The number of carbonyl (C=O) groups is 1. The van der Waals surface area contributed by atoms with E-state index in [1.807, 2.05) is 30.3 Å². The second-order valence-corrected chi connectivity index (χ2v) is 11.4. The highest BCUT2D eigenvalue weighted by Crippen LogP contribution is 2.31. The monoisotopic (exact) mass is 521 g/mol. The number of anilines is 2. The first-order valence-electron chi connectivity index (χ1n) is 11.9. The zero-order chi connectivity index (χ0) is 25.1. The number of hydrogen-bond acceptors (Lipinski definition) is 6. The Bertz CT molecular complexity index is 1410. The Labute approximate surface area is 215 Å². The predicted molar refractivity (Wildman–Crippen MR) is 143 cm³/mol. The van der Waals surface area contributed by atoms with Crippen LogP contribution in [0.3, 0.4) is 0 Å². The van der Waals surface area contributed by atoms with Crippen LogP contribution in [0.1, 0.15) is 30.1 Å². The molecular weight excluding hydrogens is 494 g/mol. The van der Waals surface area contributed by atoms with Crippen LogP contribution < -0.4 is 9.21 Å². The minimum Gasteiger partial charge on any atom is -0.376 e. The molecule has 0 saturated carbocycles. The maximum Gasteiger partial charge on any atom is 0.264 e. The maximum absolute atomic E-state index is 13.7. The van der Waals surface area contributed by atoms with E-state index in [4.69, 9.17) is 9.72 Å². The van der Waals surface area contributed by atoms with E-state index in [0.29, 0.717) is 36.1 Å². The zero-order valence-corrected chi connectivity index (χ0v) is 21.5. The van der Waals surface area contributed by atoms with Crippen molar-refractivity contribution in [3.05, 3.63) is 84.4 Å². The molecule has 1 aliphatic rings. The van der Waals surface area contributed by atoms with Crippen LogP contribution in [0.2, 0.25) is 0 Å². The Balaban J connectivity index is 1.44. The number of fused-ring (bicyclic) bond motifs is 1. The van der Waals surface area contributed by atoms with Gasteiger partial charge in [-0.1, -0.05) is 41.7 Å². The summed E-state index contributed by atoms with van der Waals surface area (Å²) in [5, 5.41) is 0.606. The molecule has 1 saturated heterocycles. The summed E-state index contributed by atoms with van der Waals surface area (Å²) in [6.45, 7) is 3.17. The van der Waals surface area contributed by atoms with Gasteiger partial charge in [-0.2, -0.15) is 0 Å². The molecule has 7 nitrogen and oxygen atoms in total. The van der Waals surface area contributed by atoms with Crippen molar-refractivity contribution in [2.45, 2.75) is 30.8 Å². The van der Waals surface area contributed by atoms with Gasteiger partial charge in [-0.05, 0) is 68.3 Å². The van der Waals surface area contributed by atoms with Crippen molar-refractivity contribution in [2.24, 2.45) is 0 Å². The summed E-state index contributed by atoms with van der Waals surface area (Å²) in [5.41, 5.74) is 1.83. The molecule has 2 heterocycles. The largest absolute Gasteiger partial charge is 0.376 e. The molecule has 186 valence electrons. The standard InChI is InChI=1S/C27H27N3O4S2/c1-2-30(21-9-4-3-5-10-21)36(32,33)23-16-14-20(15-17-23)26(31)29(19-22-11-8-18-34-22)27-28-24-12-6-7-13-25(24)35-27/h3-7,9-10,12-17,22H,2,8,11,18-19H2,1H3. The fourth-order valence-corrected chi connectivity index (χ4v) is 6.80. The third kappa shape index (κ3) is 4.86. The van der Waals surface area contributed by atoms with E-state index >= 15 is 0 Å². The Kier molecular flexibility index (Phi) is 7.04. The SMILES string of the molecule is CCN(c1ccccc1)S(=O)(=O)c1ccc(C(=O)N(CC2CCCO2)c2nc3ccccc3s2)cc1. The first-order chi connectivity index (χ1) is 17.5. The van der Waals surface area contributed by atoms with E-state index in [0.717, 1.165) is 23.1 Å². The Hall–Kier alpha value is -3.27. The fraction of sp³-hybridized carbons (Fsp3) is 0.259. The number of benzene rings is 3. The van der Waals surface area contributed by atoms with E-state index in [-0.39, 0.29) is 16.9 Å². The first-order valence-corrected chi connectivity index (χ1v) is 14.2. The molecule has 3 aromatic carbocycles. The molecule has 0 N–H and O–H groups in total. The van der Waals surface area contributed by atoms with E-state index in [1.54, 1.807) is 48.2 Å². The van der Waals surface area contributed by atoms with Gasteiger partial charge in [0, 0.05) is 18.7 Å². The smallest absolute Gasteiger partial charge is 0.264 e. The lowest BCUT2D eigenvalue weighted by atomic mass is 10.2. The van der Waals surface area contributed by atoms with Crippen LogP contribution in [-0.4, -0.2) is 45.1 Å². The Morgan fingerprint density at radius 1 is 1.03 bits per heavy atom. The number of para-hydroxylation sites is 2. The summed E-state index contributed by atoms with van der Waals surface area (Å²) in [7, 11) is -3.78. The minimum absolute atomic E-state index is 0.0513. The van der Waals surface area contributed by atoms with Gasteiger partial charge in [-0.15, -0.1) is 0 Å². The van der Waals surface area contributed by atoms with Crippen LogP contribution in [-0.2, 0) is 14.8 Å². The third-order valence-corrected chi connectivity index (χ3v) is 9.17. The molecule has 1 atom stereocenters. The molecule has 0 spiro atoms. The molecule has 0 aliphatic carbocycles. The molecule has 1 fully saturated rings. The average Bonchev–Trinajstić information content (AvgIpc) is 3.57. The van der Waals surface area contributed by atoms with Crippen LogP contribution in [0.25, 0.3) is 10.2 Å². The molecule has 4 aromatic rings. The number of aromatic nitrogens is 1. The first kappa shape index (κ1) is 24.4.